The van der Waals surface area contributed by atoms with Gasteiger partial charge in [0.1, 0.15) is 11.6 Å². The number of carbonyl (C=O) groups is 1. The van der Waals surface area contributed by atoms with E-state index in [1.165, 1.54) is 0 Å². The van der Waals surface area contributed by atoms with Crippen molar-refractivity contribution in [3.8, 4) is 0 Å². The lowest BCUT2D eigenvalue weighted by Gasteiger charge is -2.37. The smallest absolute Gasteiger partial charge is 0.219 e. The maximum atomic E-state index is 11.3. The van der Waals surface area contributed by atoms with Crippen LogP contribution in [0.1, 0.15) is 24.4 Å². The summed E-state index contributed by atoms with van der Waals surface area (Å²) in [6.07, 6.45) is 0.0596. The lowest BCUT2D eigenvalue weighted by molar-refractivity contribution is -0.133. The highest BCUT2D eigenvalue weighted by atomic mass is 16.6. The standard InChI is InChI=1S/C15H22N4O3/c1-10-5-14(16-6-13-9-21-3-4-22-13)18-15(17-10)12-7-19(8-12)11(2)20/h5,12-13H,3-4,6-9H2,1-2H3,(H,16,17,18)/t13-/m0/s1. The molecular formula is C15H22N4O3. The van der Waals surface area contributed by atoms with Gasteiger partial charge in [-0.15, -0.1) is 0 Å². The van der Waals surface area contributed by atoms with E-state index in [0.29, 0.717) is 39.5 Å². The molecule has 1 N–H and O–H groups in total. The van der Waals surface area contributed by atoms with E-state index in [4.69, 9.17) is 9.47 Å². The number of ether oxygens (including phenoxy) is 2. The number of rotatable bonds is 4. The molecular weight excluding hydrogens is 284 g/mol. The Morgan fingerprint density at radius 1 is 1.41 bits per heavy atom. The van der Waals surface area contributed by atoms with Crippen LogP contribution in [0.2, 0.25) is 0 Å². The Labute approximate surface area is 130 Å². The molecule has 7 heteroatoms. The van der Waals surface area contributed by atoms with Crippen LogP contribution in [-0.4, -0.2) is 66.3 Å². The van der Waals surface area contributed by atoms with Gasteiger partial charge in [0.15, 0.2) is 0 Å². The Bertz CT molecular complexity index is 540. The van der Waals surface area contributed by atoms with Crippen LogP contribution < -0.4 is 5.32 Å². The Balaban J connectivity index is 1.59. The number of nitrogens with zero attached hydrogens (tertiary/aromatic N) is 3. The van der Waals surface area contributed by atoms with Gasteiger partial charge < -0.3 is 19.7 Å². The van der Waals surface area contributed by atoms with Crippen molar-refractivity contribution in [1.82, 2.24) is 14.9 Å². The van der Waals surface area contributed by atoms with E-state index < -0.39 is 0 Å². The SMILES string of the molecule is CC(=O)N1CC(c2nc(C)cc(NC[C@H]3COCCO3)n2)C1. The maximum Gasteiger partial charge on any atom is 0.219 e. The molecule has 1 aromatic rings. The van der Waals surface area contributed by atoms with Crippen molar-refractivity contribution >= 4 is 11.7 Å². The van der Waals surface area contributed by atoms with Gasteiger partial charge in [0, 0.05) is 38.3 Å². The van der Waals surface area contributed by atoms with E-state index in [1.54, 1.807) is 11.8 Å². The van der Waals surface area contributed by atoms with E-state index in [0.717, 1.165) is 17.3 Å². The highest BCUT2D eigenvalue weighted by molar-refractivity contribution is 5.74. The van der Waals surface area contributed by atoms with Gasteiger partial charge in [-0.05, 0) is 6.92 Å². The van der Waals surface area contributed by atoms with Crippen LogP contribution in [0.4, 0.5) is 5.82 Å². The summed E-state index contributed by atoms with van der Waals surface area (Å²) in [6.45, 7) is 7.55. The lowest BCUT2D eigenvalue weighted by Crippen LogP contribution is -2.48. The number of nitrogens with one attached hydrogen (secondary N) is 1. The third kappa shape index (κ3) is 3.53. The first-order valence-electron chi connectivity index (χ1n) is 7.66. The van der Waals surface area contributed by atoms with Gasteiger partial charge in [-0.2, -0.15) is 0 Å². The Morgan fingerprint density at radius 2 is 2.23 bits per heavy atom. The minimum atomic E-state index is 0.0596. The number of amides is 1. The van der Waals surface area contributed by atoms with Crippen molar-refractivity contribution in [3.05, 3.63) is 17.6 Å². The topological polar surface area (TPSA) is 76.6 Å². The van der Waals surface area contributed by atoms with Crippen LogP contribution >= 0.6 is 0 Å². The predicted molar refractivity (Wildman–Crippen MR) is 80.8 cm³/mol. The maximum absolute atomic E-state index is 11.3. The molecule has 2 fully saturated rings. The molecule has 1 atom stereocenters. The molecule has 3 rings (SSSR count). The van der Waals surface area contributed by atoms with Gasteiger partial charge in [-0.25, -0.2) is 9.97 Å². The van der Waals surface area contributed by atoms with E-state index in [9.17, 15) is 4.79 Å². The molecule has 0 saturated carbocycles. The molecule has 0 bridgehead atoms. The molecule has 0 spiro atoms. The molecule has 7 nitrogen and oxygen atoms in total. The number of aromatic nitrogens is 2. The number of hydrogen-bond acceptors (Lipinski definition) is 6. The zero-order valence-corrected chi connectivity index (χ0v) is 13.0. The van der Waals surface area contributed by atoms with Crippen molar-refractivity contribution in [3.63, 3.8) is 0 Å². The van der Waals surface area contributed by atoms with Gasteiger partial charge in [-0.3, -0.25) is 4.79 Å². The van der Waals surface area contributed by atoms with Crippen LogP contribution in [0.3, 0.4) is 0 Å². The second-order valence-electron chi connectivity index (χ2n) is 5.82. The van der Waals surface area contributed by atoms with E-state index in [-0.39, 0.29) is 17.9 Å². The molecule has 2 aliphatic rings. The van der Waals surface area contributed by atoms with Gasteiger partial charge in [-0.1, -0.05) is 0 Å². The summed E-state index contributed by atoms with van der Waals surface area (Å²) < 4.78 is 11.0. The van der Waals surface area contributed by atoms with Gasteiger partial charge in [0.25, 0.3) is 0 Å². The number of carbonyl (C=O) groups excluding carboxylic acids is 1. The van der Waals surface area contributed by atoms with E-state index in [2.05, 4.69) is 15.3 Å². The summed E-state index contributed by atoms with van der Waals surface area (Å²) >= 11 is 0. The molecule has 0 radical (unpaired) electrons. The molecule has 0 unspecified atom stereocenters. The molecule has 1 amide bonds. The van der Waals surface area contributed by atoms with Crippen molar-refractivity contribution in [1.29, 1.82) is 0 Å². The molecule has 3 heterocycles. The number of likely N-dealkylation sites (tertiary alicyclic amines) is 1. The molecule has 0 aromatic carbocycles. The monoisotopic (exact) mass is 306 g/mol. The highest BCUT2D eigenvalue weighted by Crippen LogP contribution is 2.25. The average molecular weight is 306 g/mol. The van der Waals surface area contributed by atoms with Crippen molar-refractivity contribution in [2.24, 2.45) is 0 Å². The van der Waals surface area contributed by atoms with Crippen molar-refractivity contribution in [2.45, 2.75) is 25.9 Å². The van der Waals surface area contributed by atoms with Crippen molar-refractivity contribution < 1.29 is 14.3 Å². The summed E-state index contributed by atoms with van der Waals surface area (Å²) in [4.78, 5) is 22.1. The van der Waals surface area contributed by atoms with Gasteiger partial charge in [0.2, 0.25) is 5.91 Å². The minimum absolute atomic E-state index is 0.0596. The fourth-order valence-electron chi connectivity index (χ4n) is 2.64. The fraction of sp³-hybridized carbons (Fsp3) is 0.667. The van der Waals surface area contributed by atoms with E-state index >= 15 is 0 Å². The molecule has 2 saturated heterocycles. The molecule has 22 heavy (non-hydrogen) atoms. The normalized spacial score (nSPS) is 22.3. The zero-order valence-electron chi connectivity index (χ0n) is 13.0. The zero-order chi connectivity index (χ0) is 15.5. The fourth-order valence-corrected chi connectivity index (χ4v) is 2.64. The Kier molecular flexibility index (Phi) is 4.54. The van der Waals surface area contributed by atoms with Crippen LogP contribution in [0.25, 0.3) is 0 Å². The molecule has 0 aliphatic carbocycles. The summed E-state index contributed by atoms with van der Waals surface area (Å²) in [5.74, 6) is 1.95. The third-order valence-electron chi connectivity index (χ3n) is 3.96. The largest absolute Gasteiger partial charge is 0.376 e. The highest BCUT2D eigenvalue weighted by Gasteiger charge is 2.32. The number of anilines is 1. The summed E-state index contributed by atoms with van der Waals surface area (Å²) in [5, 5.41) is 3.30. The Hall–Kier alpha value is -1.73. The second-order valence-corrected chi connectivity index (χ2v) is 5.82. The first-order chi connectivity index (χ1) is 10.6. The molecule has 2 aliphatic heterocycles. The van der Waals surface area contributed by atoms with Crippen LogP contribution in [-0.2, 0) is 14.3 Å². The van der Waals surface area contributed by atoms with Crippen LogP contribution in [0.15, 0.2) is 6.07 Å². The number of hydrogen-bond donors (Lipinski definition) is 1. The summed E-state index contributed by atoms with van der Waals surface area (Å²) in [5.41, 5.74) is 0.926. The quantitative estimate of drug-likeness (QED) is 0.876. The third-order valence-corrected chi connectivity index (χ3v) is 3.96. The van der Waals surface area contributed by atoms with Crippen LogP contribution in [0, 0.1) is 6.92 Å². The Morgan fingerprint density at radius 3 is 2.91 bits per heavy atom. The summed E-state index contributed by atoms with van der Waals surface area (Å²) in [7, 11) is 0. The van der Waals surface area contributed by atoms with Gasteiger partial charge in [0.05, 0.1) is 31.8 Å². The summed E-state index contributed by atoms with van der Waals surface area (Å²) in [6, 6.07) is 1.93. The average Bonchev–Trinajstić information content (AvgIpc) is 2.44. The molecule has 120 valence electrons. The van der Waals surface area contributed by atoms with Gasteiger partial charge >= 0.3 is 0 Å². The molecule has 1 aromatic heterocycles. The first kappa shape index (κ1) is 15.2. The van der Waals surface area contributed by atoms with E-state index in [1.807, 2.05) is 13.0 Å². The predicted octanol–water partition coefficient (Wildman–Crippen LogP) is 0.558. The first-order valence-corrected chi connectivity index (χ1v) is 7.66. The van der Waals surface area contributed by atoms with Crippen molar-refractivity contribution in [2.75, 3.05) is 44.8 Å². The minimum Gasteiger partial charge on any atom is -0.376 e. The lowest BCUT2D eigenvalue weighted by atomic mass is 9.99. The second kappa shape index (κ2) is 6.58. The number of aryl methyl sites for hydroxylation is 1. The van der Waals surface area contributed by atoms with Crippen LogP contribution in [0.5, 0.6) is 0 Å².